The van der Waals surface area contributed by atoms with Crippen molar-refractivity contribution in [3.8, 4) is 0 Å². The molecule has 0 aliphatic heterocycles. The lowest BCUT2D eigenvalue weighted by Gasteiger charge is -1.92. The fourth-order valence-electron chi connectivity index (χ4n) is 0.548. The minimum atomic E-state index is 0.806. The van der Waals surface area contributed by atoms with Crippen LogP contribution < -0.4 is 0 Å². The van der Waals surface area contributed by atoms with E-state index in [9.17, 15) is 0 Å². The molecular weight excluding hydrogens is 131 g/mol. The summed E-state index contributed by atoms with van der Waals surface area (Å²) in [5, 5.41) is 0. The Hall–Kier alpha value is -0.975. The van der Waals surface area contributed by atoms with Gasteiger partial charge in [-0.25, -0.2) is 0 Å². The largest absolute Gasteiger partial charge is 0.135 e. The molecular formula is C10H13B. The van der Waals surface area contributed by atoms with Crippen LogP contribution >= 0.6 is 0 Å². The quantitative estimate of drug-likeness (QED) is 0.420. The van der Waals surface area contributed by atoms with E-state index >= 15 is 0 Å². The molecule has 0 aliphatic rings. The van der Waals surface area contributed by atoms with E-state index in [4.69, 9.17) is 7.85 Å². The molecule has 0 spiro atoms. The second-order valence-corrected chi connectivity index (χ2v) is 2.47. The lowest BCUT2D eigenvalue weighted by atomic mass is 10.1. The van der Waals surface area contributed by atoms with E-state index < -0.39 is 0 Å². The molecule has 0 saturated carbocycles. The van der Waals surface area contributed by atoms with Crippen molar-refractivity contribution in [2.45, 2.75) is 13.3 Å². The molecule has 56 valence electrons. The third-order valence-corrected chi connectivity index (χ3v) is 1.12. The summed E-state index contributed by atoms with van der Waals surface area (Å²) in [6, 6.07) is 0. The highest BCUT2D eigenvalue weighted by atomic mass is 13.9. The zero-order valence-electron chi connectivity index (χ0n) is 7.01. The minimum absolute atomic E-state index is 0.806. The van der Waals surface area contributed by atoms with Gasteiger partial charge in [0.15, 0.2) is 0 Å². The summed E-state index contributed by atoms with van der Waals surface area (Å²) in [7, 11) is 5.17. The van der Waals surface area contributed by atoms with Crippen LogP contribution in [0.4, 0.5) is 0 Å². The predicted octanol–water partition coefficient (Wildman–Crippen LogP) is 2.75. The van der Waals surface area contributed by atoms with Gasteiger partial charge in [0.05, 0.1) is 0 Å². The maximum atomic E-state index is 5.17. The average Bonchev–Trinajstić information content (AvgIpc) is 1.97. The van der Waals surface area contributed by atoms with Crippen LogP contribution in [0.15, 0.2) is 48.5 Å². The fraction of sp³-hybridized carbons (Fsp3) is 0.200. The van der Waals surface area contributed by atoms with Crippen LogP contribution in [-0.2, 0) is 0 Å². The van der Waals surface area contributed by atoms with Crippen molar-refractivity contribution in [2.75, 3.05) is 0 Å². The van der Waals surface area contributed by atoms with Gasteiger partial charge in [0, 0.05) is 0 Å². The van der Waals surface area contributed by atoms with Crippen LogP contribution in [0.5, 0.6) is 0 Å². The summed E-state index contributed by atoms with van der Waals surface area (Å²) in [4.78, 5) is 0. The highest BCUT2D eigenvalue weighted by molar-refractivity contribution is 6.16. The first kappa shape index (κ1) is 10.0. The second-order valence-electron chi connectivity index (χ2n) is 2.47. The molecule has 0 N–H and O–H groups in total. The van der Waals surface area contributed by atoms with Crippen LogP contribution in [-0.4, -0.2) is 7.85 Å². The Morgan fingerprint density at radius 2 is 2.00 bits per heavy atom. The van der Waals surface area contributed by atoms with Gasteiger partial charge in [-0.1, -0.05) is 42.5 Å². The second kappa shape index (κ2) is 5.78. The predicted molar refractivity (Wildman–Crippen MR) is 52.6 cm³/mol. The number of hydrogen-bond acceptors (Lipinski definition) is 0. The first-order chi connectivity index (χ1) is 5.16. The Bertz CT molecular complexity index is 197. The van der Waals surface area contributed by atoms with Crippen molar-refractivity contribution in [3.05, 3.63) is 48.5 Å². The molecule has 2 radical (unpaired) electrons. The van der Waals surface area contributed by atoms with Crippen LogP contribution in [0.3, 0.4) is 0 Å². The fourth-order valence-corrected chi connectivity index (χ4v) is 0.548. The Balaban J connectivity index is 3.78. The van der Waals surface area contributed by atoms with Gasteiger partial charge in [0.1, 0.15) is 7.85 Å². The van der Waals surface area contributed by atoms with Crippen LogP contribution in [0.2, 0.25) is 0 Å². The highest BCUT2D eigenvalue weighted by Crippen LogP contribution is 2.02. The Labute approximate surface area is 70.4 Å². The van der Waals surface area contributed by atoms with E-state index in [0.29, 0.717) is 0 Å². The SMILES string of the molecule is [B]/C=C/CC(=C)/C=C/C(=C)C. The monoisotopic (exact) mass is 144 g/mol. The zero-order chi connectivity index (χ0) is 8.69. The van der Waals surface area contributed by atoms with E-state index in [1.807, 2.05) is 25.2 Å². The van der Waals surface area contributed by atoms with E-state index in [1.54, 1.807) is 0 Å². The lowest BCUT2D eigenvalue weighted by molar-refractivity contribution is 1.30. The maximum Gasteiger partial charge on any atom is 0.102 e. The van der Waals surface area contributed by atoms with Crippen molar-refractivity contribution in [3.63, 3.8) is 0 Å². The summed E-state index contributed by atoms with van der Waals surface area (Å²) in [5.74, 6) is 1.53. The Morgan fingerprint density at radius 3 is 2.45 bits per heavy atom. The normalized spacial score (nSPS) is 11.0. The Morgan fingerprint density at radius 1 is 1.36 bits per heavy atom. The molecule has 0 rings (SSSR count). The molecule has 0 fully saturated rings. The molecule has 0 nitrogen and oxygen atoms in total. The standard InChI is InChI=1S/C10H13B/c1-9(2)6-7-10(3)5-4-8-11/h4,6-8H,1,3,5H2,2H3/b7-6+,8-4+. The number of hydrogen-bond donors (Lipinski definition) is 0. The third kappa shape index (κ3) is 6.92. The molecule has 0 unspecified atom stereocenters. The molecule has 0 saturated heterocycles. The van der Waals surface area contributed by atoms with Gasteiger partial charge >= 0.3 is 0 Å². The molecule has 0 aromatic carbocycles. The first-order valence-electron chi connectivity index (χ1n) is 3.55. The lowest BCUT2D eigenvalue weighted by Crippen LogP contribution is -1.72. The van der Waals surface area contributed by atoms with Crippen LogP contribution in [0, 0.1) is 0 Å². The van der Waals surface area contributed by atoms with E-state index in [-0.39, 0.29) is 0 Å². The third-order valence-electron chi connectivity index (χ3n) is 1.12. The van der Waals surface area contributed by atoms with Crippen molar-refractivity contribution in [1.82, 2.24) is 0 Å². The van der Waals surface area contributed by atoms with E-state index in [1.165, 1.54) is 5.98 Å². The van der Waals surface area contributed by atoms with Crippen molar-refractivity contribution < 1.29 is 0 Å². The summed E-state index contributed by atoms with van der Waals surface area (Å²) < 4.78 is 0. The molecule has 0 bridgehead atoms. The summed E-state index contributed by atoms with van der Waals surface area (Å²) >= 11 is 0. The maximum absolute atomic E-state index is 5.17. The molecule has 0 amide bonds. The number of allylic oxidation sites excluding steroid dienone is 5. The van der Waals surface area contributed by atoms with Crippen LogP contribution in [0.1, 0.15) is 13.3 Å². The molecule has 0 heterocycles. The summed E-state index contributed by atoms with van der Waals surface area (Å²) in [6.07, 6.45) is 6.56. The molecule has 0 aliphatic carbocycles. The first-order valence-corrected chi connectivity index (χ1v) is 3.55. The van der Waals surface area contributed by atoms with Crippen molar-refractivity contribution in [2.24, 2.45) is 0 Å². The van der Waals surface area contributed by atoms with Gasteiger partial charge in [-0.05, 0) is 13.3 Å². The molecule has 11 heavy (non-hydrogen) atoms. The zero-order valence-corrected chi connectivity index (χ0v) is 7.01. The van der Waals surface area contributed by atoms with Gasteiger partial charge in [0.25, 0.3) is 0 Å². The Kier molecular flexibility index (Phi) is 5.27. The van der Waals surface area contributed by atoms with Gasteiger partial charge in [-0.3, -0.25) is 0 Å². The molecule has 0 aromatic rings. The number of rotatable bonds is 4. The van der Waals surface area contributed by atoms with Crippen LogP contribution in [0.25, 0.3) is 0 Å². The topological polar surface area (TPSA) is 0 Å². The molecule has 0 aromatic heterocycles. The molecule has 1 heteroatoms. The summed E-state index contributed by atoms with van der Waals surface area (Å²) in [5.41, 5.74) is 2.07. The summed E-state index contributed by atoms with van der Waals surface area (Å²) in [6.45, 7) is 9.51. The van der Waals surface area contributed by atoms with Gasteiger partial charge < -0.3 is 0 Å². The molecule has 0 atom stereocenters. The van der Waals surface area contributed by atoms with E-state index in [2.05, 4.69) is 13.2 Å². The smallest absolute Gasteiger partial charge is 0.102 e. The van der Waals surface area contributed by atoms with Gasteiger partial charge in [-0.15, -0.1) is 5.98 Å². The van der Waals surface area contributed by atoms with E-state index in [0.717, 1.165) is 17.6 Å². The van der Waals surface area contributed by atoms with Crippen molar-refractivity contribution >= 4 is 7.85 Å². The highest BCUT2D eigenvalue weighted by Gasteiger charge is 1.82. The van der Waals surface area contributed by atoms with Gasteiger partial charge in [-0.2, -0.15) is 0 Å². The average molecular weight is 144 g/mol. The minimum Gasteiger partial charge on any atom is -0.135 e. The van der Waals surface area contributed by atoms with Gasteiger partial charge in [0.2, 0.25) is 0 Å². The van der Waals surface area contributed by atoms with Crippen molar-refractivity contribution in [1.29, 1.82) is 0 Å².